The van der Waals surface area contributed by atoms with Crippen LogP contribution in [0.4, 0.5) is 0 Å². The molecule has 1 aliphatic heterocycles. The molecule has 0 aliphatic carbocycles. The zero-order valence-corrected chi connectivity index (χ0v) is 16.0. The van der Waals surface area contributed by atoms with Crippen molar-refractivity contribution in [2.24, 2.45) is 0 Å². The van der Waals surface area contributed by atoms with Gasteiger partial charge in [0.25, 0.3) is 0 Å². The second-order valence-electron chi connectivity index (χ2n) is 8.06. The zero-order valence-electron chi connectivity index (χ0n) is 15.0. The van der Waals surface area contributed by atoms with Crippen LogP contribution in [-0.4, -0.2) is 21.5 Å². The first-order valence-electron chi connectivity index (χ1n) is 8.76. The third-order valence-corrected chi connectivity index (χ3v) is 9.89. The van der Waals surface area contributed by atoms with Crippen LogP contribution in [0.2, 0.25) is 18.1 Å². The first-order valence-corrected chi connectivity index (χ1v) is 11.7. The molecule has 1 aromatic carbocycles. The maximum Gasteiger partial charge on any atom is 0.191 e. The maximum absolute atomic E-state index is 6.32. The number of hydrogen-bond acceptors (Lipinski definition) is 2. The van der Waals surface area contributed by atoms with Crippen molar-refractivity contribution in [3.05, 3.63) is 35.4 Å². The van der Waals surface area contributed by atoms with Crippen LogP contribution in [0.25, 0.3) is 0 Å². The topological polar surface area (TPSA) is 21.3 Å². The van der Waals surface area contributed by atoms with Gasteiger partial charge in [0.15, 0.2) is 8.32 Å². The van der Waals surface area contributed by atoms with Crippen LogP contribution < -0.4 is 5.32 Å². The zero-order chi connectivity index (χ0) is 16.2. The third kappa shape index (κ3) is 4.43. The van der Waals surface area contributed by atoms with E-state index in [0.29, 0.717) is 11.1 Å². The first-order chi connectivity index (χ1) is 10.3. The van der Waals surface area contributed by atoms with Crippen LogP contribution in [0, 0.1) is 0 Å². The van der Waals surface area contributed by atoms with Gasteiger partial charge in [-0.3, -0.25) is 0 Å². The van der Waals surface area contributed by atoms with E-state index in [0.717, 1.165) is 19.6 Å². The lowest BCUT2D eigenvalue weighted by Gasteiger charge is -2.36. The number of aryl methyl sites for hydroxylation is 1. The normalized spacial score (nSPS) is 19.6. The second kappa shape index (κ2) is 7.29. The van der Waals surface area contributed by atoms with Crippen molar-refractivity contribution >= 4 is 8.32 Å². The SMILES string of the molecule is CC(C)(C)[Si](C)(C)OCCC[C@@H]1NCCCc2ccccc21. The summed E-state index contributed by atoms with van der Waals surface area (Å²) in [6.45, 7) is 13.6. The Morgan fingerprint density at radius 1 is 1.23 bits per heavy atom. The van der Waals surface area contributed by atoms with E-state index in [2.05, 4.69) is 63.4 Å². The highest BCUT2D eigenvalue weighted by molar-refractivity contribution is 6.74. The van der Waals surface area contributed by atoms with Gasteiger partial charge in [0, 0.05) is 12.6 Å². The van der Waals surface area contributed by atoms with E-state index in [1.807, 2.05) is 0 Å². The van der Waals surface area contributed by atoms with Crippen LogP contribution in [-0.2, 0) is 10.8 Å². The van der Waals surface area contributed by atoms with Crippen molar-refractivity contribution in [1.29, 1.82) is 0 Å². The van der Waals surface area contributed by atoms with Crippen molar-refractivity contribution in [1.82, 2.24) is 5.32 Å². The van der Waals surface area contributed by atoms with Gasteiger partial charge >= 0.3 is 0 Å². The molecule has 0 radical (unpaired) electrons. The maximum atomic E-state index is 6.32. The van der Waals surface area contributed by atoms with E-state index < -0.39 is 8.32 Å². The van der Waals surface area contributed by atoms with E-state index in [4.69, 9.17) is 4.43 Å². The minimum atomic E-state index is -1.59. The molecule has 1 atom stereocenters. The van der Waals surface area contributed by atoms with Crippen molar-refractivity contribution in [3.8, 4) is 0 Å². The summed E-state index contributed by atoms with van der Waals surface area (Å²) in [4.78, 5) is 0. The summed E-state index contributed by atoms with van der Waals surface area (Å²) < 4.78 is 6.32. The fraction of sp³-hybridized carbons (Fsp3) is 0.684. The smallest absolute Gasteiger partial charge is 0.191 e. The van der Waals surface area contributed by atoms with E-state index in [1.165, 1.54) is 30.4 Å². The lowest BCUT2D eigenvalue weighted by Crippen LogP contribution is -2.41. The monoisotopic (exact) mass is 319 g/mol. The fourth-order valence-electron chi connectivity index (χ4n) is 2.86. The van der Waals surface area contributed by atoms with Gasteiger partial charge in [-0.2, -0.15) is 0 Å². The van der Waals surface area contributed by atoms with E-state index in [-0.39, 0.29) is 0 Å². The molecule has 2 rings (SSSR count). The van der Waals surface area contributed by atoms with Crippen LogP contribution in [0.5, 0.6) is 0 Å². The van der Waals surface area contributed by atoms with Gasteiger partial charge in [0.1, 0.15) is 0 Å². The Balaban J connectivity index is 1.87. The van der Waals surface area contributed by atoms with Gasteiger partial charge in [0.2, 0.25) is 0 Å². The molecule has 0 spiro atoms. The molecule has 3 heteroatoms. The van der Waals surface area contributed by atoms with Gasteiger partial charge < -0.3 is 9.74 Å². The lowest BCUT2D eigenvalue weighted by atomic mass is 9.96. The highest BCUT2D eigenvalue weighted by Crippen LogP contribution is 2.36. The molecule has 0 aromatic heterocycles. The molecule has 1 heterocycles. The molecule has 1 N–H and O–H groups in total. The Labute approximate surface area is 137 Å². The molecule has 0 amide bonds. The standard InChI is InChI=1S/C19H33NOSi/c1-19(2,3)22(4,5)21-15-9-13-18-17-12-7-6-10-16(17)11-8-14-20-18/h6-7,10,12,18,20H,8-9,11,13-15H2,1-5H3/t18-/m0/s1. The van der Waals surface area contributed by atoms with Crippen LogP contribution in [0.3, 0.4) is 0 Å². The molecular formula is C19H33NOSi. The molecule has 0 saturated heterocycles. The summed E-state index contributed by atoms with van der Waals surface area (Å²) in [5.74, 6) is 0. The average Bonchev–Trinajstić information content (AvgIpc) is 2.65. The molecule has 0 unspecified atom stereocenters. The second-order valence-corrected chi connectivity index (χ2v) is 12.9. The van der Waals surface area contributed by atoms with Crippen LogP contribution >= 0.6 is 0 Å². The van der Waals surface area contributed by atoms with Crippen LogP contribution in [0.1, 0.15) is 57.2 Å². The lowest BCUT2D eigenvalue weighted by molar-refractivity contribution is 0.271. The Morgan fingerprint density at radius 3 is 2.68 bits per heavy atom. The molecule has 1 aromatic rings. The summed E-state index contributed by atoms with van der Waals surface area (Å²) >= 11 is 0. The summed E-state index contributed by atoms with van der Waals surface area (Å²) in [7, 11) is -1.59. The Bertz CT molecular complexity index is 479. The molecule has 2 nitrogen and oxygen atoms in total. The third-order valence-electron chi connectivity index (χ3n) is 5.35. The number of hydrogen-bond donors (Lipinski definition) is 1. The molecule has 0 fully saturated rings. The molecule has 22 heavy (non-hydrogen) atoms. The van der Waals surface area contributed by atoms with E-state index in [9.17, 15) is 0 Å². The number of fused-ring (bicyclic) bond motifs is 1. The Morgan fingerprint density at radius 2 is 1.95 bits per heavy atom. The number of rotatable bonds is 5. The Kier molecular flexibility index (Phi) is 5.86. The molecule has 0 bridgehead atoms. The van der Waals surface area contributed by atoms with Crippen molar-refractivity contribution in [2.75, 3.05) is 13.2 Å². The quantitative estimate of drug-likeness (QED) is 0.604. The van der Waals surface area contributed by atoms with Crippen molar-refractivity contribution in [3.63, 3.8) is 0 Å². The van der Waals surface area contributed by atoms with Crippen molar-refractivity contribution < 1.29 is 4.43 Å². The van der Waals surface area contributed by atoms with Gasteiger partial charge in [-0.1, -0.05) is 45.0 Å². The van der Waals surface area contributed by atoms with Crippen molar-refractivity contribution in [2.45, 2.75) is 70.6 Å². The van der Waals surface area contributed by atoms with Gasteiger partial charge in [-0.05, 0) is 61.5 Å². The molecule has 0 saturated carbocycles. The summed E-state index contributed by atoms with van der Waals surface area (Å²) in [5, 5.41) is 4.03. The summed E-state index contributed by atoms with van der Waals surface area (Å²) in [6, 6.07) is 9.43. The van der Waals surface area contributed by atoms with Gasteiger partial charge in [-0.25, -0.2) is 0 Å². The fourth-order valence-corrected chi connectivity index (χ4v) is 3.94. The molecular weight excluding hydrogens is 286 g/mol. The highest BCUT2D eigenvalue weighted by atomic mass is 28.4. The summed E-state index contributed by atoms with van der Waals surface area (Å²) in [6.07, 6.45) is 4.76. The number of benzene rings is 1. The van der Waals surface area contributed by atoms with Crippen LogP contribution in [0.15, 0.2) is 24.3 Å². The predicted molar refractivity (Wildman–Crippen MR) is 97.9 cm³/mol. The minimum Gasteiger partial charge on any atom is -0.417 e. The van der Waals surface area contributed by atoms with E-state index >= 15 is 0 Å². The van der Waals surface area contributed by atoms with E-state index in [1.54, 1.807) is 0 Å². The summed E-state index contributed by atoms with van der Waals surface area (Å²) in [5.41, 5.74) is 3.04. The largest absolute Gasteiger partial charge is 0.417 e. The van der Waals surface area contributed by atoms with Gasteiger partial charge in [0.05, 0.1) is 0 Å². The average molecular weight is 320 g/mol. The minimum absolute atomic E-state index is 0.306. The molecule has 124 valence electrons. The van der Waals surface area contributed by atoms with Gasteiger partial charge in [-0.15, -0.1) is 0 Å². The Hall–Kier alpha value is -0.643. The predicted octanol–water partition coefficient (Wildman–Crippen LogP) is 5.07. The number of nitrogens with one attached hydrogen (secondary N) is 1. The first kappa shape index (κ1) is 17.7. The highest BCUT2D eigenvalue weighted by Gasteiger charge is 2.36. The molecule has 1 aliphatic rings.